The molecule has 2 atom stereocenters. The number of aliphatic carboxylic acids is 1. The van der Waals surface area contributed by atoms with Gasteiger partial charge in [-0.15, -0.1) is 0 Å². The highest BCUT2D eigenvalue weighted by atomic mass is 19.2. The largest absolute Gasteiger partial charge is 0.481 e. The molecule has 2 aliphatic heterocycles. The van der Waals surface area contributed by atoms with Crippen LogP contribution in [0.4, 0.5) is 13.6 Å². The van der Waals surface area contributed by atoms with Crippen LogP contribution in [-0.4, -0.2) is 72.1 Å². The molecule has 2 aliphatic rings. The lowest BCUT2D eigenvalue weighted by Gasteiger charge is -2.27. The van der Waals surface area contributed by atoms with Crippen molar-refractivity contribution in [2.24, 2.45) is 11.3 Å². The molecule has 25 heavy (non-hydrogen) atoms. The first-order chi connectivity index (χ1) is 11.7. The summed E-state index contributed by atoms with van der Waals surface area (Å²) in [5.74, 6) is -2.91. The summed E-state index contributed by atoms with van der Waals surface area (Å²) in [5.41, 5.74) is -0.412. The van der Waals surface area contributed by atoms with E-state index in [4.69, 9.17) is 0 Å². The molecule has 0 unspecified atom stereocenters. The predicted molar refractivity (Wildman–Crippen MR) is 85.8 cm³/mol. The van der Waals surface area contributed by atoms with E-state index in [0.717, 1.165) is 12.1 Å². The number of benzene rings is 1. The molecule has 0 spiro atoms. The molecule has 1 aromatic rings. The summed E-state index contributed by atoms with van der Waals surface area (Å²) in [4.78, 5) is 29.1. The minimum Gasteiger partial charge on any atom is -0.481 e. The lowest BCUT2D eigenvalue weighted by molar-refractivity contribution is -0.148. The van der Waals surface area contributed by atoms with Gasteiger partial charge in [0.05, 0.1) is 0 Å². The zero-order valence-corrected chi connectivity index (χ0v) is 14.2. The first-order valence-corrected chi connectivity index (χ1v) is 8.09. The van der Waals surface area contributed by atoms with Crippen LogP contribution in [0.15, 0.2) is 18.2 Å². The molecule has 2 heterocycles. The Kier molecular flexibility index (Phi) is 4.40. The Balaban J connectivity index is 1.74. The number of carboxylic acid groups (broad SMARTS) is 1. The van der Waals surface area contributed by atoms with E-state index in [2.05, 4.69) is 0 Å². The third kappa shape index (κ3) is 3.06. The van der Waals surface area contributed by atoms with Crippen LogP contribution in [0.1, 0.15) is 5.56 Å². The zero-order valence-electron chi connectivity index (χ0n) is 14.2. The van der Waals surface area contributed by atoms with Crippen LogP contribution in [0.25, 0.3) is 0 Å². The number of fused-ring (bicyclic) bond motifs is 1. The Bertz CT molecular complexity index is 712. The molecular weight excluding hydrogens is 332 g/mol. The molecule has 0 bridgehead atoms. The highest BCUT2D eigenvalue weighted by Crippen LogP contribution is 2.43. The van der Waals surface area contributed by atoms with Crippen molar-refractivity contribution in [3.05, 3.63) is 35.4 Å². The van der Waals surface area contributed by atoms with E-state index in [1.165, 1.54) is 11.0 Å². The van der Waals surface area contributed by atoms with E-state index in [1.54, 1.807) is 19.0 Å². The van der Waals surface area contributed by atoms with Crippen molar-refractivity contribution in [2.75, 3.05) is 40.3 Å². The molecule has 3 rings (SSSR count). The highest BCUT2D eigenvalue weighted by Gasteiger charge is 2.58. The van der Waals surface area contributed by atoms with E-state index in [1.807, 2.05) is 4.90 Å². The average Bonchev–Trinajstić information content (AvgIpc) is 3.05. The van der Waals surface area contributed by atoms with E-state index < -0.39 is 23.0 Å². The number of hydrogen-bond donors (Lipinski definition) is 1. The topological polar surface area (TPSA) is 64.1 Å². The first kappa shape index (κ1) is 17.6. The molecule has 2 saturated heterocycles. The van der Waals surface area contributed by atoms with Crippen molar-refractivity contribution in [1.29, 1.82) is 0 Å². The van der Waals surface area contributed by atoms with Gasteiger partial charge in [0.25, 0.3) is 0 Å². The summed E-state index contributed by atoms with van der Waals surface area (Å²) in [5, 5.41) is 9.79. The minimum absolute atomic E-state index is 0.165. The summed E-state index contributed by atoms with van der Waals surface area (Å²) in [7, 11) is 3.28. The lowest BCUT2D eigenvalue weighted by atomic mass is 9.81. The molecular formula is C17H21F2N3O3. The van der Waals surface area contributed by atoms with Crippen LogP contribution in [-0.2, 0) is 11.3 Å². The number of hydrogen-bond acceptors (Lipinski definition) is 3. The quantitative estimate of drug-likeness (QED) is 0.894. The van der Waals surface area contributed by atoms with E-state index in [-0.39, 0.29) is 25.0 Å². The fraction of sp³-hybridized carbons (Fsp3) is 0.529. The maximum absolute atomic E-state index is 13.4. The van der Waals surface area contributed by atoms with E-state index in [9.17, 15) is 23.5 Å². The normalized spacial score (nSPS) is 25.9. The molecule has 0 radical (unpaired) electrons. The lowest BCUT2D eigenvalue weighted by Crippen LogP contribution is -2.44. The maximum Gasteiger partial charge on any atom is 0.319 e. The Morgan fingerprint density at radius 2 is 1.96 bits per heavy atom. The number of halogens is 2. The molecule has 1 aromatic carbocycles. The third-order valence-corrected chi connectivity index (χ3v) is 5.15. The molecule has 1 N–H and O–H groups in total. The molecule has 0 aliphatic carbocycles. The molecule has 136 valence electrons. The summed E-state index contributed by atoms with van der Waals surface area (Å²) < 4.78 is 26.4. The smallest absolute Gasteiger partial charge is 0.319 e. The van der Waals surface area contributed by atoms with Gasteiger partial charge in [0.15, 0.2) is 11.6 Å². The molecule has 2 fully saturated rings. The van der Waals surface area contributed by atoms with Gasteiger partial charge in [0, 0.05) is 52.7 Å². The van der Waals surface area contributed by atoms with Gasteiger partial charge in [-0.05, 0) is 17.7 Å². The van der Waals surface area contributed by atoms with Gasteiger partial charge in [-0.2, -0.15) is 0 Å². The summed E-state index contributed by atoms with van der Waals surface area (Å²) in [6, 6.07) is 3.52. The Morgan fingerprint density at radius 3 is 2.52 bits per heavy atom. The van der Waals surface area contributed by atoms with Gasteiger partial charge in [0.1, 0.15) is 5.41 Å². The standard InChI is InChI=1S/C17H21F2N3O3/c1-20(2)16(25)22-8-12-7-21(9-17(12,10-22)15(23)24)6-11-3-4-13(18)14(19)5-11/h3-5,12H,6-10H2,1-2H3,(H,23,24)/t12-,17-/m0/s1. The second kappa shape index (κ2) is 6.25. The van der Waals surface area contributed by atoms with Crippen molar-refractivity contribution >= 4 is 12.0 Å². The maximum atomic E-state index is 13.4. The number of nitrogens with zero attached hydrogens (tertiary/aromatic N) is 3. The molecule has 8 heteroatoms. The zero-order chi connectivity index (χ0) is 18.4. The van der Waals surface area contributed by atoms with Crippen LogP contribution >= 0.6 is 0 Å². The number of urea groups is 1. The van der Waals surface area contributed by atoms with Crippen LogP contribution in [0.2, 0.25) is 0 Å². The Labute approximate surface area is 144 Å². The first-order valence-electron chi connectivity index (χ1n) is 8.09. The Morgan fingerprint density at radius 1 is 1.24 bits per heavy atom. The van der Waals surface area contributed by atoms with Gasteiger partial charge < -0.3 is 14.9 Å². The van der Waals surface area contributed by atoms with Crippen molar-refractivity contribution in [2.45, 2.75) is 6.54 Å². The number of carboxylic acids is 1. The second-order valence-corrected chi connectivity index (χ2v) is 7.13. The summed E-state index contributed by atoms with van der Waals surface area (Å²) >= 11 is 0. The molecule has 6 nitrogen and oxygen atoms in total. The second-order valence-electron chi connectivity index (χ2n) is 7.13. The van der Waals surface area contributed by atoms with Gasteiger partial charge in [-0.3, -0.25) is 9.69 Å². The number of carbonyl (C=O) groups excluding carboxylic acids is 1. The fourth-order valence-electron chi connectivity index (χ4n) is 3.92. The molecule has 0 aromatic heterocycles. The van der Waals surface area contributed by atoms with Crippen molar-refractivity contribution < 1.29 is 23.5 Å². The third-order valence-electron chi connectivity index (χ3n) is 5.15. The molecule has 2 amide bonds. The van der Waals surface area contributed by atoms with Crippen LogP contribution in [0, 0.1) is 23.0 Å². The van der Waals surface area contributed by atoms with Crippen LogP contribution in [0.5, 0.6) is 0 Å². The highest BCUT2D eigenvalue weighted by molar-refractivity contribution is 5.80. The van der Waals surface area contributed by atoms with Crippen molar-refractivity contribution in [3.8, 4) is 0 Å². The number of carbonyl (C=O) groups is 2. The Hall–Kier alpha value is -2.22. The number of likely N-dealkylation sites (tertiary alicyclic amines) is 2. The van der Waals surface area contributed by atoms with Gasteiger partial charge in [-0.1, -0.05) is 6.07 Å². The van der Waals surface area contributed by atoms with Gasteiger partial charge >= 0.3 is 12.0 Å². The fourth-order valence-corrected chi connectivity index (χ4v) is 3.92. The molecule has 0 saturated carbocycles. The number of rotatable bonds is 3. The summed E-state index contributed by atoms with van der Waals surface area (Å²) in [6.45, 7) is 1.69. The van der Waals surface area contributed by atoms with Crippen LogP contribution < -0.4 is 0 Å². The van der Waals surface area contributed by atoms with E-state index >= 15 is 0 Å². The monoisotopic (exact) mass is 353 g/mol. The van der Waals surface area contributed by atoms with Gasteiger partial charge in [-0.25, -0.2) is 13.6 Å². The van der Waals surface area contributed by atoms with Crippen molar-refractivity contribution in [3.63, 3.8) is 0 Å². The SMILES string of the molecule is CN(C)C(=O)N1C[C@@H]2CN(Cc3ccc(F)c(F)c3)C[C@]2(C(=O)O)C1. The van der Waals surface area contributed by atoms with Gasteiger partial charge in [0.2, 0.25) is 0 Å². The minimum atomic E-state index is -1.01. The predicted octanol–water partition coefficient (Wildman–Crippen LogP) is 1.46. The van der Waals surface area contributed by atoms with E-state index in [0.29, 0.717) is 25.2 Å². The summed E-state index contributed by atoms with van der Waals surface area (Å²) in [6.07, 6.45) is 0. The van der Waals surface area contributed by atoms with Crippen molar-refractivity contribution in [1.82, 2.24) is 14.7 Å². The van der Waals surface area contributed by atoms with Crippen LogP contribution in [0.3, 0.4) is 0 Å². The average molecular weight is 353 g/mol. The number of amides is 2.